The maximum Gasteiger partial charge on any atom is 0.236 e. The summed E-state index contributed by atoms with van der Waals surface area (Å²) in [7, 11) is 3.27. The Morgan fingerprint density at radius 1 is 1.41 bits per heavy atom. The van der Waals surface area contributed by atoms with Gasteiger partial charge < -0.3 is 10.2 Å². The summed E-state index contributed by atoms with van der Waals surface area (Å²) in [6.45, 7) is 1.77. The highest BCUT2D eigenvalue weighted by Gasteiger charge is 2.15. The Balaban J connectivity index is 2.67. The Hall–Kier alpha value is -1.49. The second-order valence-corrected chi connectivity index (χ2v) is 4.03. The molecule has 0 bridgehead atoms. The van der Waals surface area contributed by atoms with Crippen LogP contribution in [0.2, 0.25) is 0 Å². The van der Waals surface area contributed by atoms with E-state index in [4.69, 9.17) is 0 Å². The third kappa shape index (κ3) is 3.49. The van der Waals surface area contributed by atoms with Crippen molar-refractivity contribution >= 4 is 5.91 Å². The van der Waals surface area contributed by atoms with Crippen LogP contribution in [0.25, 0.3) is 0 Å². The molecule has 0 heterocycles. The molecule has 0 fully saturated rings. The van der Waals surface area contributed by atoms with Crippen LogP contribution in [0.15, 0.2) is 18.2 Å². The lowest BCUT2D eigenvalue weighted by atomic mass is 10.1. The van der Waals surface area contributed by atoms with Crippen LogP contribution in [-0.4, -0.2) is 31.4 Å². The number of nitrogens with one attached hydrogen (secondary N) is 1. The van der Waals surface area contributed by atoms with Gasteiger partial charge >= 0.3 is 0 Å². The van der Waals surface area contributed by atoms with Gasteiger partial charge in [0.1, 0.15) is 0 Å². The number of hydrogen-bond acceptors (Lipinski definition) is 2. The van der Waals surface area contributed by atoms with E-state index in [0.29, 0.717) is 0 Å². The molecule has 3 nitrogen and oxygen atoms in total. The van der Waals surface area contributed by atoms with Gasteiger partial charge in [0, 0.05) is 25.7 Å². The van der Waals surface area contributed by atoms with Gasteiger partial charge in [0.15, 0.2) is 11.6 Å². The van der Waals surface area contributed by atoms with Crippen molar-refractivity contribution < 1.29 is 13.6 Å². The molecular weight excluding hydrogens is 226 g/mol. The topological polar surface area (TPSA) is 32.3 Å². The molecule has 1 atom stereocenters. The minimum Gasteiger partial charge on any atom is -0.348 e. The third-order valence-electron chi connectivity index (χ3n) is 2.51. The van der Waals surface area contributed by atoms with Gasteiger partial charge in [-0.3, -0.25) is 4.79 Å². The maximum absolute atomic E-state index is 13.4. The van der Waals surface area contributed by atoms with Gasteiger partial charge in [-0.05, 0) is 13.0 Å². The molecule has 94 valence electrons. The van der Waals surface area contributed by atoms with Gasteiger partial charge in [0.2, 0.25) is 5.91 Å². The molecule has 0 radical (unpaired) electrons. The second kappa shape index (κ2) is 5.72. The molecule has 1 N–H and O–H groups in total. The number of hydrogen-bond donors (Lipinski definition) is 1. The maximum atomic E-state index is 13.4. The van der Waals surface area contributed by atoms with Gasteiger partial charge in [-0.25, -0.2) is 8.78 Å². The predicted molar refractivity (Wildman–Crippen MR) is 61.5 cm³/mol. The minimum atomic E-state index is -0.880. The van der Waals surface area contributed by atoms with Crippen LogP contribution in [-0.2, 0) is 4.79 Å². The zero-order valence-corrected chi connectivity index (χ0v) is 10.1. The van der Waals surface area contributed by atoms with Crippen molar-refractivity contribution in [1.82, 2.24) is 10.2 Å². The number of nitrogens with zero attached hydrogens (tertiary/aromatic N) is 1. The zero-order valence-electron chi connectivity index (χ0n) is 10.1. The Bertz CT molecular complexity index is 407. The van der Waals surface area contributed by atoms with Crippen molar-refractivity contribution in [2.75, 3.05) is 20.6 Å². The number of amides is 1. The molecule has 0 spiro atoms. The molecule has 17 heavy (non-hydrogen) atoms. The van der Waals surface area contributed by atoms with Gasteiger partial charge in [0.25, 0.3) is 0 Å². The fraction of sp³-hybridized carbons (Fsp3) is 0.417. The lowest BCUT2D eigenvalue weighted by Gasteiger charge is -2.17. The number of benzene rings is 1. The van der Waals surface area contributed by atoms with Crippen LogP contribution in [0.4, 0.5) is 8.78 Å². The molecule has 1 aromatic carbocycles. The fourth-order valence-electron chi connectivity index (χ4n) is 1.36. The molecule has 1 amide bonds. The zero-order chi connectivity index (χ0) is 13.0. The van der Waals surface area contributed by atoms with Crippen molar-refractivity contribution in [1.29, 1.82) is 0 Å². The normalized spacial score (nSPS) is 12.3. The Kier molecular flexibility index (Phi) is 4.57. The average Bonchev–Trinajstić information content (AvgIpc) is 2.29. The van der Waals surface area contributed by atoms with E-state index in [2.05, 4.69) is 5.32 Å². The monoisotopic (exact) mass is 242 g/mol. The summed E-state index contributed by atoms with van der Waals surface area (Å²) < 4.78 is 26.4. The first-order valence-electron chi connectivity index (χ1n) is 5.31. The van der Waals surface area contributed by atoms with Crippen molar-refractivity contribution in [2.24, 2.45) is 0 Å². The molecular formula is C12H16F2N2O. The average molecular weight is 242 g/mol. The largest absolute Gasteiger partial charge is 0.348 e. The molecule has 5 heteroatoms. The second-order valence-electron chi connectivity index (χ2n) is 4.03. The first-order chi connectivity index (χ1) is 7.93. The smallest absolute Gasteiger partial charge is 0.236 e. The number of halogens is 2. The van der Waals surface area contributed by atoms with Crippen molar-refractivity contribution in [3.63, 3.8) is 0 Å². The van der Waals surface area contributed by atoms with E-state index in [1.165, 1.54) is 17.0 Å². The summed E-state index contributed by atoms with van der Waals surface area (Å²) in [6.07, 6.45) is 0. The van der Waals surface area contributed by atoms with Crippen molar-refractivity contribution in [2.45, 2.75) is 13.0 Å². The summed E-state index contributed by atoms with van der Waals surface area (Å²) in [5.41, 5.74) is 0.219. The van der Waals surface area contributed by atoms with Crippen LogP contribution >= 0.6 is 0 Å². The molecule has 0 aliphatic carbocycles. The first kappa shape index (κ1) is 13.6. The van der Waals surface area contributed by atoms with Crippen LogP contribution < -0.4 is 5.32 Å². The summed E-state index contributed by atoms with van der Waals surface area (Å²) in [5, 5.41) is 2.85. The summed E-state index contributed by atoms with van der Waals surface area (Å²) >= 11 is 0. The van der Waals surface area contributed by atoms with E-state index in [1.807, 2.05) is 0 Å². The minimum absolute atomic E-state index is 0.0874. The molecule has 0 aliphatic heterocycles. The third-order valence-corrected chi connectivity index (χ3v) is 2.51. The van der Waals surface area contributed by atoms with E-state index in [-0.39, 0.29) is 18.0 Å². The number of rotatable bonds is 4. The molecule has 0 saturated carbocycles. The van der Waals surface area contributed by atoms with E-state index in [1.54, 1.807) is 21.0 Å². The summed E-state index contributed by atoms with van der Waals surface area (Å²) in [6, 6.07) is 3.58. The van der Waals surface area contributed by atoms with Crippen molar-refractivity contribution in [3.8, 4) is 0 Å². The van der Waals surface area contributed by atoms with Gasteiger partial charge in [-0.15, -0.1) is 0 Å². The molecule has 1 rings (SSSR count). The highest BCUT2D eigenvalue weighted by molar-refractivity contribution is 5.77. The molecule has 0 aromatic heterocycles. The van der Waals surface area contributed by atoms with E-state index >= 15 is 0 Å². The first-order valence-corrected chi connectivity index (χ1v) is 5.31. The van der Waals surface area contributed by atoms with Crippen molar-refractivity contribution in [3.05, 3.63) is 35.4 Å². The predicted octanol–water partition coefficient (Wildman–Crippen LogP) is 1.70. The Morgan fingerprint density at radius 3 is 2.65 bits per heavy atom. The van der Waals surface area contributed by atoms with Crippen LogP contribution in [0.3, 0.4) is 0 Å². The lowest BCUT2D eigenvalue weighted by molar-refractivity contribution is -0.127. The van der Waals surface area contributed by atoms with E-state index in [9.17, 15) is 13.6 Å². The number of carbonyl (C=O) groups is 1. The van der Waals surface area contributed by atoms with Crippen LogP contribution in [0.1, 0.15) is 18.5 Å². The molecule has 1 unspecified atom stereocenters. The summed E-state index contributed by atoms with van der Waals surface area (Å²) in [5.74, 6) is -1.87. The fourth-order valence-corrected chi connectivity index (χ4v) is 1.36. The Labute approximate surface area is 99.4 Å². The van der Waals surface area contributed by atoms with Gasteiger partial charge in [-0.2, -0.15) is 0 Å². The summed E-state index contributed by atoms with van der Waals surface area (Å²) in [4.78, 5) is 12.8. The molecule has 0 saturated heterocycles. The van der Waals surface area contributed by atoms with Crippen LogP contribution in [0.5, 0.6) is 0 Å². The Morgan fingerprint density at radius 2 is 2.06 bits per heavy atom. The van der Waals surface area contributed by atoms with Gasteiger partial charge in [0.05, 0.1) is 6.54 Å². The quantitative estimate of drug-likeness (QED) is 0.871. The number of carbonyl (C=O) groups excluding carboxylic acids is 1. The highest BCUT2D eigenvalue weighted by atomic mass is 19.2. The SMILES string of the molecule is CC(NCC(=O)N(C)C)c1cccc(F)c1F. The highest BCUT2D eigenvalue weighted by Crippen LogP contribution is 2.18. The van der Waals surface area contributed by atoms with E-state index in [0.717, 1.165) is 6.07 Å². The number of likely N-dealkylation sites (N-methyl/N-ethyl adjacent to an activating group) is 1. The van der Waals surface area contributed by atoms with E-state index < -0.39 is 17.7 Å². The van der Waals surface area contributed by atoms with Gasteiger partial charge in [-0.1, -0.05) is 12.1 Å². The standard InChI is InChI=1S/C12H16F2N2O/c1-8(15-7-11(17)16(2)3)9-5-4-6-10(13)12(9)14/h4-6,8,15H,7H2,1-3H3. The molecule has 0 aliphatic rings. The lowest BCUT2D eigenvalue weighted by Crippen LogP contribution is -2.34. The molecule has 1 aromatic rings. The van der Waals surface area contributed by atoms with Crippen LogP contribution in [0, 0.1) is 11.6 Å².